The van der Waals surface area contributed by atoms with Gasteiger partial charge in [-0.3, -0.25) is 9.44 Å². The molecule has 0 spiro atoms. The number of anilines is 2. The van der Waals surface area contributed by atoms with Crippen LogP contribution >= 0.6 is 0 Å². The van der Waals surface area contributed by atoms with E-state index in [4.69, 9.17) is 18.9 Å². The van der Waals surface area contributed by atoms with E-state index in [9.17, 15) is 16.8 Å². The van der Waals surface area contributed by atoms with Gasteiger partial charge in [0.05, 0.1) is 41.0 Å². The maximum Gasteiger partial charge on any atom is 0.229 e. The number of nitrogens with one attached hydrogen (secondary N) is 2. The number of ether oxygens (including phenoxy) is 4. The van der Waals surface area contributed by atoms with Crippen molar-refractivity contribution in [2.75, 3.05) is 50.4 Å². The molecule has 0 unspecified atom stereocenters. The summed E-state index contributed by atoms with van der Waals surface area (Å²) in [5, 5.41) is 0. The lowest BCUT2D eigenvalue weighted by Gasteiger charge is -2.16. The van der Waals surface area contributed by atoms with Gasteiger partial charge in [-0.25, -0.2) is 16.8 Å². The van der Waals surface area contributed by atoms with Crippen molar-refractivity contribution >= 4 is 54.7 Å². The molecule has 0 heterocycles. The van der Waals surface area contributed by atoms with Crippen LogP contribution in [-0.4, -0.2) is 57.8 Å². The highest BCUT2D eigenvalue weighted by Crippen LogP contribution is 2.42. The second-order valence-electron chi connectivity index (χ2n) is 15.2. The average Bonchev–Trinajstić information content (AvgIpc) is 3.49. The SMILES string of the molecule is COc1cc2c(cc1OC)/C(=C/c1cccc(NS(C)(=O)=O)c1)c1ccccc1CC2.COc1cc2c(cc1OC)/C(=C\c1cccc(NS(C)(=O)=O)c1)c1ccccc1CC2. The Morgan fingerprint density at radius 2 is 0.774 bits per heavy atom. The fourth-order valence-electron chi connectivity index (χ4n) is 8.04. The second-order valence-corrected chi connectivity index (χ2v) is 18.7. The number of aryl methyl sites for hydroxylation is 4. The molecule has 2 aliphatic rings. The molecule has 0 radical (unpaired) electrons. The lowest BCUT2D eigenvalue weighted by Crippen LogP contribution is -2.09. The first-order valence-corrected chi connectivity index (χ1v) is 23.8. The smallest absolute Gasteiger partial charge is 0.229 e. The van der Waals surface area contributed by atoms with Gasteiger partial charge in [0.15, 0.2) is 23.0 Å². The van der Waals surface area contributed by atoms with Crippen LogP contribution < -0.4 is 28.4 Å². The van der Waals surface area contributed by atoms with Crippen molar-refractivity contribution in [1.82, 2.24) is 0 Å². The molecular weight excluding hydrogens is 821 g/mol. The first kappa shape index (κ1) is 43.6. The fraction of sp³-hybridized carbons (Fsp3) is 0.200. The van der Waals surface area contributed by atoms with E-state index in [2.05, 4.69) is 70.1 Å². The van der Waals surface area contributed by atoms with Crippen molar-refractivity contribution in [2.24, 2.45) is 0 Å². The van der Waals surface area contributed by atoms with Crippen molar-refractivity contribution in [3.63, 3.8) is 0 Å². The molecule has 0 aliphatic heterocycles. The van der Waals surface area contributed by atoms with Gasteiger partial charge in [0, 0.05) is 11.4 Å². The van der Waals surface area contributed by atoms with Crippen LogP contribution in [0.5, 0.6) is 23.0 Å². The molecule has 0 saturated carbocycles. The van der Waals surface area contributed by atoms with Crippen molar-refractivity contribution in [2.45, 2.75) is 25.7 Å². The van der Waals surface area contributed by atoms with Crippen molar-refractivity contribution < 1.29 is 35.8 Å². The van der Waals surface area contributed by atoms with Gasteiger partial charge in [-0.1, -0.05) is 72.8 Å². The number of benzene rings is 6. The zero-order chi connectivity index (χ0) is 44.0. The average molecular weight is 871 g/mol. The van der Waals surface area contributed by atoms with E-state index in [0.717, 1.165) is 82.7 Å². The molecule has 320 valence electrons. The maximum absolute atomic E-state index is 11.7. The van der Waals surface area contributed by atoms with Gasteiger partial charge in [-0.05, 0) is 153 Å². The van der Waals surface area contributed by atoms with E-state index in [0.29, 0.717) is 34.4 Å². The van der Waals surface area contributed by atoms with E-state index in [-0.39, 0.29) is 0 Å². The van der Waals surface area contributed by atoms with Crippen LogP contribution in [0, 0.1) is 0 Å². The molecule has 0 aromatic heterocycles. The van der Waals surface area contributed by atoms with Gasteiger partial charge >= 0.3 is 0 Å². The Bertz CT molecular complexity index is 2720. The van der Waals surface area contributed by atoms with Gasteiger partial charge in [0.2, 0.25) is 20.0 Å². The molecule has 0 amide bonds. The number of fused-ring (bicyclic) bond motifs is 4. The quantitative estimate of drug-likeness (QED) is 0.139. The molecule has 0 saturated heterocycles. The van der Waals surface area contributed by atoms with Gasteiger partial charge in [-0.15, -0.1) is 0 Å². The minimum absolute atomic E-state index is 0.534. The highest BCUT2D eigenvalue weighted by Gasteiger charge is 2.23. The zero-order valence-corrected chi connectivity index (χ0v) is 37.2. The third-order valence-corrected chi connectivity index (χ3v) is 12.0. The van der Waals surface area contributed by atoms with Crippen molar-refractivity contribution in [3.8, 4) is 23.0 Å². The number of hydrogen-bond acceptors (Lipinski definition) is 8. The molecular formula is C50H50N2O8S2. The molecule has 12 heteroatoms. The fourth-order valence-corrected chi connectivity index (χ4v) is 9.15. The van der Waals surface area contributed by atoms with Crippen LogP contribution in [0.15, 0.2) is 121 Å². The van der Waals surface area contributed by atoms with E-state index < -0.39 is 20.0 Å². The Hall–Kier alpha value is -6.50. The van der Waals surface area contributed by atoms with Gasteiger partial charge < -0.3 is 18.9 Å². The summed E-state index contributed by atoms with van der Waals surface area (Å²) in [5.41, 5.74) is 14.4. The monoisotopic (exact) mass is 870 g/mol. The Morgan fingerprint density at radius 1 is 0.419 bits per heavy atom. The summed E-state index contributed by atoms with van der Waals surface area (Å²) in [5.74, 6) is 2.79. The maximum atomic E-state index is 11.7. The van der Waals surface area contributed by atoms with Crippen molar-refractivity contribution in [1.29, 1.82) is 0 Å². The predicted octanol–water partition coefficient (Wildman–Crippen LogP) is 9.53. The topological polar surface area (TPSA) is 129 Å². The normalized spacial score (nSPS) is 14.4. The first-order valence-electron chi connectivity index (χ1n) is 20.0. The summed E-state index contributed by atoms with van der Waals surface area (Å²) in [7, 11) is -0.130. The van der Waals surface area contributed by atoms with Gasteiger partial charge in [-0.2, -0.15) is 0 Å². The van der Waals surface area contributed by atoms with Crippen LogP contribution in [0.3, 0.4) is 0 Å². The molecule has 8 rings (SSSR count). The minimum atomic E-state index is -3.35. The molecule has 2 aliphatic carbocycles. The van der Waals surface area contributed by atoms with Crippen LogP contribution in [0.4, 0.5) is 11.4 Å². The van der Waals surface area contributed by atoms with Crippen LogP contribution in [0.25, 0.3) is 23.3 Å². The van der Waals surface area contributed by atoms with Crippen LogP contribution in [0.2, 0.25) is 0 Å². The van der Waals surface area contributed by atoms with Crippen LogP contribution in [-0.2, 0) is 45.7 Å². The summed E-state index contributed by atoms with van der Waals surface area (Å²) >= 11 is 0. The molecule has 10 nitrogen and oxygen atoms in total. The Morgan fingerprint density at radius 3 is 1.15 bits per heavy atom. The van der Waals surface area contributed by atoms with E-state index in [1.807, 2.05) is 60.7 Å². The summed E-state index contributed by atoms with van der Waals surface area (Å²) < 4.78 is 73.9. The third kappa shape index (κ3) is 10.3. The van der Waals surface area contributed by atoms with E-state index >= 15 is 0 Å². The number of methoxy groups -OCH3 is 4. The lowest BCUT2D eigenvalue weighted by molar-refractivity contribution is 0.354. The Labute approximate surface area is 365 Å². The van der Waals surface area contributed by atoms with Gasteiger partial charge in [0.1, 0.15) is 0 Å². The number of rotatable bonds is 10. The number of sulfonamides is 2. The summed E-state index contributed by atoms with van der Waals surface area (Å²) in [4.78, 5) is 0. The summed E-state index contributed by atoms with van der Waals surface area (Å²) in [6.07, 6.45) is 10.1. The van der Waals surface area contributed by atoms with Crippen LogP contribution in [0.1, 0.15) is 55.6 Å². The standard InChI is InChI=1S/2C25H25NO4S/c2*1-29-24-15-19-12-11-18-8-4-5-10-21(18)23(22(19)16-25(24)30-2)14-17-7-6-9-20(13-17)26-31(3,27)28/h2*4-10,13-16,26H,11-12H2,1-3H3/b23-14+;23-14-. The molecule has 6 aromatic carbocycles. The predicted molar refractivity (Wildman–Crippen MR) is 251 cm³/mol. The number of hydrogen-bond donors (Lipinski definition) is 2. The lowest BCUT2D eigenvalue weighted by atomic mass is 9.92. The Balaban J connectivity index is 0.000000186. The second kappa shape index (κ2) is 18.6. The van der Waals surface area contributed by atoms with Crippen molar-refractivity contribution in [3.05, 3.63) is 177 Å². The molecule has 0 atom stereocenters. The summed E-state index contributed by atoms with van der Waals surface area (Å²) in [6, 6.07) is 39.7. The largest absolute Gasteiger partial charge is 0.493 e. The van der Waals surface area contributed by atoms with Gasteiger partial charge in [0.25, 0.3) is 0 Å². The highest BCUT2D eigenvalue weighted by molar-refractivity contribution is 7.92. The highest BCUT2D eigenvalue weighted by atomic mass is 32.2. The summed E-state index contributed by atoms with van der Waals surface area (Å²) in [6.45, 7) is 0. The third-order valence-electron chi connectivity index (χ3n) is 10.7. The molecule has 0 bridgehead atoms. The zero-order valence-electron chi connectivity index (χ0n) is 35.6. The molecule has 2 N–H and O–H groups in total. The molecule has 0 fully saturated rings. The molecule has 62 heavy (non-hydrogen) atoms. The van der Waals surface area contributed by atoms with E-state index in [1.165, 1.54) is 22.3 Å². The first-order chi connectivity index (χ1) is 29.7. The minimum Gasteiger partial charge on any atom is -0.493 e. The van der Waals surface area contributed by atoms with E-state index in [1.54, 1.807) is 40.6 Å². The molecule has 6 aromatic rings. The Kier molecular flexibility index (Phi) is 13.1.